The maximum absolute atomic E-state index is 10.9. The number of hydrogen-bond donors (Lipinski definition) is 1. The van der Waals surface area contributed by atoms with Crippen molar-refractivity contribution in [1.82, 2.24) is 0 Å². The lowest BCUT2D eigenvalue weighted by molar-refractivity contribution is 0.000355. The average molecular weight is 279 g/mol. The summed E-state index contributed by atoms with van der Waals surface area (Å²) in [6.07, 6.45) is 4.81. The molecule has 0 aliphatic heterocycles. The van der Waals surface area contributed by atoms with Gasteiger partial charge in [-0.15, -0.1) is 0 Å². The highest BCUT2D eigenvalue weighted by Gasteiger charge is 2.35. The quantitative estimate of drug-likeness (QED) is 0.755. The van der Waals surface area contributed by atoms with E-state index in [-0.39, 0.29) is 0 Å². The van der Waals surface area contributed by atoms with Crippen molar-refractivity contribution in [2.45, 2.75) is 44.6 Å². The van der Waals surface area contributed by atoms with Crippen LogP contribution >= 0.6 is 11.6 Å². The van der Waals surface area contributed by atoms with Crippen LogP contribution in [0, 0.1) is 5.92 Å². The van der Waals surface area contributed by atoms with E-state index in [9.17, 15) is 5.11 Å². The molecule has 2 unspecified atom stereocenters. The van der Waals surface area contributed by atoms with E-state index in [0.29, 0.717) is 22.3 Å². The number of aliphatic hydroxyl groups is 1. The zero-order chi connectivity index (χ0) is 13.5. The summed E-state index contributed by atoms with van der Waals surface area (Å²) in [4.78, 5) is 0. The largest absolute Gasteiger partial charge is 0.456 e. The summed E-state index contributed by atoms with van der Waals surface area (Å²) in [6.45, 7) is 2.25. The van der Waals surface area contributed by atoms with E-state index in [1.165, 1.54) is 6.42 Å². The molecule has 3 heteroatoms. The highest BCUT2D eigenvalue weighted by atomic mass is 35.5. The molecule has 0 saturated heterocycles. The second-order valence-electron chi connectivity index (χ2n) is 5.84. The zero-order valence-corrected chi connectivity index (χ0v) is 11.9. The normalized spacial score (nSPS) is 28.5. The first-order chi connectivity index (χ1) is 9.08. The summed E-state index contributed by atoms with van der Waals surface area (Å²) in [6, 6.07) is 7.63. The van der Waals surface area contributed by atoms with Gasteiger partial charge in [0.2, 0.25) is 0 Å². The van der Waals surface area contributed by atoms with Gasteiger partial charge >= 0.3 is 0 Å². The van der Waals surface area contributed by atoms with Crippen LogP contribution in [0.3, 0.4) is 0 Å². The standard InChI is InChI=1S/C16H19ClO2/c1-11-4-3-8-16(18,9-7-11)14-10-12-5-2-6-13(17)15(12)19-14/h2,5-6,10-11,18H,3-4,7-9H2,1H3. The predicted octanol–water partition coefficient (Wildman–Crippen LogP) is 4.87. The minimum absolute atomic E-state index is 0.606. The molecule has 19 heavy (non-hydrogen) atoms. The van der Waals surface area contributed by atoms with Crippen molar-refractivity contribution in [2.75, 3.05) is 0 Å². The first-order valence-corrected chi connectivity index (χ1v) is 7.37. The van der Waals surface area contributed by atoms with E-state index in [4.69, 9.17) is 16.0 Å². The number of para-hydroxylation sites is 1. The molecule has 2 aromatic rings. The SMILES string of the molecule is CC1CCCC(O)(c2cc3cccc(Cl)c3o2)CC1. The Morgan fingerprint density at radius 3 is 2.95 bits per heavy atom. The van der Waals surface area contributed by atoms with Crippen LogP contribution in [0.4, 0.5) is 0 Å². The van der Waals surface area contributed by atoms with Gasteiger partial charge in [-0.05, 0) is 43.7 Å². The van der Waals surface area contributed by atoms with E-state index >= 15 is 0 Å². The molecule has 0 bridgehead atoms. The predicted molar refractivity (Wildman–Crippen MR) is 77.4 cm³/mol. The summed E-state index contributed by atoms with van der Waals surface area (Å²) in [5.41, 5.74) is -0.141. The molecular weight excluding hydrogens is 260 g/mol. The van der Waals surface area contributed by atoms with E-state index < -0.39 is 5.60 Å². The monoisotopic (exact) mass is 278 g/mol. The fraction of sp³-hybridized carbons (Fsp3) is 0.500. The number of hydrogen-bond acceptors (Lipinski definition) is 2. The number of rotatable bonds is 1. The van der Waals surface area contributed by atoms with Gasteiger partial charge in [-0.2, -0.15) is 0 Å². The molecule has 2 nitrogen and oxygen atoms in total. The highest BCUT2D eigenvalue weighted by Crippen LogP contribution is 2.40. The highest BCUT2D eigenvalue weighted by molar-refractivity contribution is 6.34. The molecule has 1 N–H and O–H groups in total. The van der Waals surface area contributed by atoms with Gasteiger partial charge in [0.05, 0.1) is 5.02 Å². The third-order valence-corrected chi connectivity index (χ3v) is 4.59. The van der Waals surface area contributed by atoms with Gasteiger partial charge in [-0.1, -0.05) is 37.1 Å². The van der Waals surface area contributed by atoms with Gasteiger partial charge in [-0.3, -0.25) is 0 Å². The van der Waals surface area contributed by atoms with Crippen LogP contribution in [0.15, 0.2) is 28.7 Å². The van der Waals surface area contributed by atoms with E-state index in [0.717, 1.165) is 31.1 Å². The summed E-state index contributed by atoms with van der Waals surface area (Å²) >= 11 is 6.13. The Hall–Kier alpha value is -0.990. The van der Waals surface area contributed by atoms with Crippen LogP contribution in [0.2, 0.25) is 5.02 Å². The van der Waals surface area contributed by atoms with E-state index in [1.807, 2.05) is 24.3 Å². The Morgan fingerprint density at radius 2 is 2.16 bits per heavy atom. The average Bonchev–Trinajstić information content (AvgIpc) is 2.75. The third kappa shape index (κ3) is 2.39. The molecule has 0 amide bonds. The lowest BCUT2D eigenvalue weighted by Crippen LogP contribution is -2.24. The molecule has 1 saturated carbocycles. The van der Waals surface area contributed by atoms with Crippen LogP contribution in [0.5, 0.6) is 0 Å². The molecule has 1 aliphatic rings. The molecular formula is C16H19ClO2. The molecule has 2 atom stereocenters. The molecule has 1 fully saturated rings. The molecule has 1 aliphatic carbocycles. The van der Waals surface area contributed by atoms with Crippen LogP contribution in [-0.4, -0.2) is 5.11 Å². The molecule has 1 aromatic carbocycles. The summed E-state index contributed by atoms with van der Waals surface area (Å²) in [5, 5.41) is 12.5. The van der Waals surface area contributed by atoms with E-state index in [2.05, 4.69) is 6.92 Å². The summed E-state index contributed by atoms with van der Waals surface area (Å²) < 4.78 is 5.85. The Morgan fingerprint density at radius 1 is 1.32 bits per heavy atom. The zero-order valence-electron chi connectivity index (χ0n) is 11.2. The minimum Gasteiger partial charge on any atom is -0.456 e. The fourth-order valence-electron chi connectivity index (χ4n) is 3.00. The van der Waals surface area contributed by atoms with Gasteiger partial charge in [0, 0.05) is 5.39 Å². The van der Waals surface area contributed by atoms with Gasteiger partial charge in [0.25, 0.3) is 0 Å². The van der Waals surface area contributed by atoms with Crippen LogP contribution in [-0.2, 0) is 5.60 Å². The van der Waals surface area contributed by atoms with Crippen LogP contribution < -0.4 is 0 Å². The summed E-state index contributed by atoms with van der Waals surface area (Å²) in [5.74, 6) is 1.35. The second-order valence-corrected chi connectivity index (χ2v) is 6.24. The van der Waals surface area contributed by atoms with Crippen LogP contribution in [0.1, 0.15) is 44.8 Å². The maximum Gasteiger partial charge on any atom is 0.153 e. The fourth-order valence-corrected chi connectivity index (χ4v) is 3.22. The molecule has 0 spiro atoms. The number of halogens is 1. The van der Waals surface area contributed by atoms with Crippen molar-refractivity contribution in [3.05, 3.63) is 35.0 Å². The van der Waals surface area contributed by atoms with Crippen molar-refractivity contribution >= 4 is 22.6 Å². The number of fused-ring (bicyclic) bond motifs is 1. The van der Waals surface area contributed by atoms with Crippen LogP contribution in [0.25, 0.3) is 11.0 Å². The van der Waals surface area contributed by atoms with Crippen molar-refractivity contribution in [3.8, 4) is 0 Å². The lowest BCUT2D eigenvalue weighted by atomic mass is 9.91. The van der Waals surface area contributed by atoms with E-state index in [1.54, 1.807) is 0 Å². The second kappa shape index (κ2) is 4.84. The topological polar surface area (TPSA) is 33.4 Å². The van der Waals surface area contributed by atoms with Crippen molar-refractivity contribution < 1.29 is 9.52 Å². The van der Waals surface area contributed by atoms with Gasteiger partial charge in [0.1, 0.15) is 11.4 Å². The first kappa shape index (κ1) is 13.0. The first-order valence-electron chi connectivity index (χ1n) is 6.99. The van der Waals surface area contributed by atoms with Gasteiger partial charge in [-0.25, -0.2) is 0 Å². The summed E-state index contributed by atoms with van der Waals surface area (Å²) in [7, 11) is 0. The smallest absolute Gasteiger partial charge is 0.153 e. The number of benzene rings is 1. The van der Waals surface area contributed by atoms with Crippen molar-refractivity contribution in [3.63, 3.8) is 0 Å². The minimum atomic E-state index is -0.826. The molecule has 3 rings (SSSR count). The van der Waals surface area contributed by atoms with Crippen molar-refractivity contribution in [1.29, 1.82) is 0 Å². The Bertz CT molecular complexity index is 589. The molecule has 1 aromatic heterocycles. The lowest BCUT2D eigenvalue weighted by Gasteiger charge is -2.23. The van der Waals surface area contributed by atoms with Crippen molar-refractivity contribution in [2.24, 2.45) is 5.92 Å². The van der Waals surface area contributed by atoms with Gasteiger partial charge < -0.3 is 9.52 Å². The molecule has 1 heterocycles. The maximum atomic E-state index is 10.9. The Balaban J connectivity index is 2.00. The van der Waals surface area contributed by atoms with Gasteiger partial charge in [0.15, 0.2) is 5.58 Å². The Kier molecular flexibility index (Phi) is 3.32. The number of furan rings is 1. The third-order valence-electron chi connectivity index (χ3n) is 4.29. The Labute approximate surface area is 118 Å². The molecule has 102 valence electrons. The molecule has 0 radical (unpaired) electrons.